The van der Waals surface area contributed by atoms with Gasteiger partial charge in [0.1, 0.15) is 5.82 Å². The Bertz CT molecular complexity index is 984. The van der Waals surface area contributed by atoms with Crippen molar-refractivity contribution >= 4 is 44.6 Å². The topological polar surface area (TPSA) is 83.0 Å². The second-order valence-electron chi connectivity index (χ2n) is 5.25. The molecule has 0 saturated heterocycles. The summed E-state index contributed by atoms with van der Waals surface area (Å²) in [5.41, 5.74) is 1.71. The Labute approximate surface area is 150 Å². The minimum Gasteiger partial charge on any atom is -0.478 e. The normalized spacial score (nSPS) is 10.9. The van der Waals surface area contributed by atoms with E-state index < -0.39 is 5.97 Å². The number of carbonyl (C=O) groups is 1. The molecule has 1 heterocycles. The molecule has 3 rings (SSSR count). The first-order valence-electron chi connectivity index (χ1n) is 7.09. The highest BCUT2D eigenvalue weighted by Gasteiger charge is 2.08. The molecule has 24 heavy (non-hydrogen) atoms. The molecule has 0 aliphatic heterocycles. The number of aromatic amines is 1. The lowest BCUT2D eigenvalue weighted by Crippen LogP contribution is -2.12. The van der Waals surface area contributed by atoms with Gasteiger partial charge in [0.25, 0.3) is 5.56 Å². The number of H-pyrrole nitrogens is 1. The van der Waals surface area contributed by atoms with Crippen molar-refractivity contribution in [2.24, 2.45) is 0 Å². The first-order chi connectivity index (χ1) is 11.4. The summed E-state index contributed by atoms with van der Waals surface area (Å²) in [5, 5.41) is 9.46. The zero-order valence-corrected chi connectivity index (χ0v) is 15.1. The summed E-state index contributed by atoms with van der Waals surface area (Å²) in [6.07, 6.45) is 0. The average molecular weight is 405 g/mol. The Morgan fingerprint density at radius 3 is 2.67 bits per heavy atom. The van der Waals surface area contributed by atoms with Gasteiger partial charge in [0.15, 0.2) is 0 Å². The molecule has 0 atom stereocenters. The standard InChI is InChI=1S/C17H13BrN2O3S/c1-9-6-11(18)7-13-15(9)19-14(20-16(13)21)8-24-12-4-2-10(3-5-12)17(22)23/h2-7H,8H2,1H3,(H,22,23)(H,19,20,21). The van der Waals surface area contributed by atoms with Crippen LogP contribution in [0.3, 0.4) is 0 Å². The van der Waals surface area contributed by atoms with Gasteiger partial charge in [0.05, 0.1) is 22.2 Å². The zero-order valence-electron chi connectivity index (χ0n) is 12.7. The van der Waals surface area contributed by atoms with Gasteiger partial charge in [-0.2, -0.15) is 0 Å². The molecule has 0 unspecified atom stereocenters. The number of thioether (sulfide) groups is 1. The van der Waals surface area contributed by atoms with Crippen LogP contribution >= 0.6 is 27.7 Å². The van der Waals surface area contributed by atoms with Gasteiger partial charge in [0.2, 0.25) is 0 Å². The van der Waals surface area contributed by atoms with E-state index in [4.69, 9.17) is 5.11 Å². The van der Waals surface area contributed by atoms with E-state index in [9.17, 15) is 9.59 Å². The van der Waals surface area contributed by atoms with Gasteiger partial charge >= 0.3 is 5.97 Å². The van der Waals surface area contributed by atoms with E-state index in [0.717, 1.165) is 14.9 Å². The lowest BCUT2D eigenvalue weighted by atomic mass is 10.1. The van der Waals surface area contributed by atoms with E-state index in [1.807, 2.05) is 13.0 Å². The highest BCUT2D eigenvalue weighted by molar-refractivity contribution is 9.10. The van der Waals surface area contributed by atoms with Crippen molar-refractivity contribution in [2.75, 3.05) is 0 Å². The maximum Gasteiger partial charge on any atom is 0.335 e. The lowest BCUT2D eigenvalue weighted by molar-refractivity contribution is 0.0697. The molecule has 0 amide bonds. The Hall–Kier alpha value is -2.12. The summed E-state index contributed by atoms with van der Waals surface area (Å²) >= 11 is 4.87. The van der Waals surface area contributed by atoms with Crippen LogP contribution in [-0.2, 0) is 5.75 Å². The van der Waals surface area contributed by atoms with Crippen LogP contribution in [0, 0.1) is 6.92 Å². The Morgan fingerprint density at radius 2 is 2.00 bits per heavy atom. The van der Waals surface area contributed by atoms with Gasteiger partial charge < -0.3 is 10.1 Å². The molecule has 0 fully saturated rings. The fourth-order valence-electron chi connectivity index (χ4n) is 2.33. The van der Waals surface area contributed by atoms with Crippen molar-refractivity contribution in [3.05, 3.63) is 68.2 Å². The zero-order chi connectivity index (χ0) is 17.3. The third-order valence-electron chi connectivity index (χ3n) is 3.49. The molecule has 0 bridgehead atoms. The van der Waals surface area contributed by atoms with Crippen molar-refractivity contribution in [3.63, 3.8) is 0 Å². The van der Waals surface area contributed by atoms with Crippen LogP contribution in [0.4, 0.5) is 0 Å². The smallest absolute Gasteiger partial charge is 0.335 e. The number of nitrogens with one attached hydrogen (secondary N) is 1. The van der Waals surface area contributed by atoms with Gasteiger partial charge in [-0.05, 0) is 48.9 Å². The van der Waals surface area contributed by atoms with Crippen LogP contribution in [0.2, 0.25) is 0 Å². The molecule has 2 aromatic carbocycles. The third-order valence-corrected chi connectivity index (χ3v) is 4.97. The number of benzene rings is 2. The van der Waals surface area contributed by atoms with E-state index in [0.29, 0.717) is 22.5 Å². The quantitative estimate of drug-likeness (QED) is 0.642. The molecule has 0 aliphatic carbocycles. The molecular formula is C17H13BrN2O3S. The highest BCUT2D eigenvalue weighted by atomic mass is 79.9. The monoisotopic (exact) mass is 404 g/mol. The van der Waals surface area contributed by atoms with E-state index in [2.05, 4.69) is 25.9 Å². The first kappa shape index (κ1) is 16.7. The van der Waals surface area contributed by atoms with Crippen molar-refractivity contribution in [1.82, 2.24) is 9.97 Å². The molecule has 1 aromatic heterocycles. The summed E-state index contributed by atoms with van der Waals surface area (Å²) in [4.78, 5) is 31.4. The van der Waals surface area contributed by atoms with Crippen LogP contribution in [0.5, 0.6) is 0 Å². The Kier molecular flexibility index (Phi) is 4.73. The van der Waals surface area contributed by atoms with Crippen molar-refractivity contribution in [2.45, 2.75) is 17.6 Å². The van der Waals surface area contributed by atoms with Crippen LogP contribution in [0.15, 0.2) is 50.6 Å². The number of carboxylic acids is 1. The SMILES string of the molecule is Cc1cc(Br)cc2c(=O)[nH]c(CSc3ccc(C(=O)O)cc3)nc12. The van der Waals surface area contributed by atoms with Crippen LogP contribution in [0.25, 0.3) is 10.9 Å². The van der Waals surface area contributed by atoms with E-state index in [1.165, 1.54) is 11.8 Å². The first-order valence-corrected chi connectivity index (χ1v) is 8.87. The van der Waals surface area contributed by atoms with Crippen molar-refractivity contribution < 1.29 is 9.90 Å². The number of aromatic nitrogens is 2. The fraction of sp³-hybridized carbons (Fsp3) is 0.118. The minimum absolute atomic E-state index is 0.166. The van der Waals surface area contributed by atoms with Crippen LogP contribution in [0.1, 0.15) is 21.7 Å². The van der Waals surface area contributed by atoms with E-state index in [-0.39, 0.29) is 11.1 Å². The second-order valence-corrected chi connectivity index (χ2v) is 7.21. The van der Waals surface area contributed by atoms with E-state index >= 15 is 0 Å². The fourth-order valence-corrected chi connectivity index (χ4v) is 3.67. The number of carboxylic acid groups (broad SMARTS) is 1. The molecule has 7 heteroatoms. The minimum atomic E-state index is -0.950. The van der Waals surface area contributed by atoms with Gasteiger partial charge in [-0.15, -0.1) is 11.8 Å². The number of rotatable bonds is 4. The maximum atomic E-state index is 12.2. The summed E-state index contributed by atoms with van der Waals surface area (Å²) in [7, 11) is 0. The molecule has 2 N–H and O–H groups in total. The highest BCUT2D eigenvalue weighted by Crippen LogP contribution is 2.24. The number of fused-ring (bicyclic) bond motifs is 1. The second kappa shape index (κ2) is 6.78. The number of aryl methyl sites for hydroxylation is 1. The van der Waals surface area contributed by atoms with Crippen LogP contribution in [-0.4, -0.2) is 21.0 Å². The third kappa shape index (κ3) is 3.52. The molecule has 5 nitrogen and oxygen atoms in total. The predicted molar refractivity (Wildman–Crippen MR) is 97.8 cm³/mol. The molecule has 122 valence electrons. The van der Waals surface area contributed by atoms with Crippen molar-refractivity contribution in [3.8, 4) is 0 Å². The maximum absolute atomic E-state index is 12.2. The average Bonchev–Trinajstić information content (AvgIpc) is 2.54. The van der Waals surface area contributed by atoms with E-state index in [1.54, 1.807) is 30.3 Å². The summed E-state index contributed by atoms with van der Waals surface area (Å²) < 4.78 is 0.848. The number of hydrogen-bond donors (Lipinski definition) is 2. The number of hydrogen-bond acceptors (Lipinski definition) is 4. The molecule has 3 aromatic rings. The van der Waals surface area contributed by atoms with Gasteiger partial charge in [-0.3, -0.25) is 4.79 Å². The molecular weight excluding hydrogens is 392 g/mol. The summed E-state index contributed by atoms with van der Waals surface area (Å²) in [6.45, 7) is 1.92. The lowest BCUT2D eigenvalue weighted by Gasteiger charge is -2.06. The number of aromatic carboxylic acids is 1. The van der Waals surface area contributed by atoms with Gasteiger partial charge in [-0.1, -0.05) is 15.9 Å². The molecule has 0 saturated carbocycles. The Morgan fingerprint density at radius 1 is 1.29 bits per heavy atom. The number of halogens is 1. The number of nitrogens with zero attached hydrogens (tertiary/aromatic N) is 1. The Balaban J connectivity index is 1.85. The molecule has 0 aliphatic rings. The predicted octanol–water partition coefficient (Wildman–Crippen LogP) is 3.98. The van der Waals surface area contributed by atoms with Crippen molar-refractivity contribution in [1.29, 1.82) is 0 Å². The summed E-state index contributed by atoms with van der Waals surface area (Å²) in [5.74, 6) is 0.131. The molecule has 0 radical (unpaired) electrons. The largest absolute Gasteiger partial charge is 0.478 e. The van der Waals surface area contributed by atoms with Crippen LogP contribution < -0.4 is 5.56 Å². The summed E-state index contributed by atoms with van der Waals surface area (Å²) in [6, 6.07) is 10.3. The van der Waals surface area contributed by atoms with Gasteiger partial charge in [0, 0.05) is 9.37 Å². The van der Waals surface area contributed by atoms with Gasteiger partial charge in [-0.25, -0.2) is 9.78 Å². The molecule has 0 spiro atoms.